The van der Waals surface area contributed by atoms with E-state index in [1.165, 1.54) is 24.8 Å². The molecule has 3 unspecified atom stereocenters. The third-order valence-corrected chi connectivity index (χ3v) is 3.62. The van der Waals surface area contributed by atoms with Gasteiger partial charge in [-0.05, 0) is 42.4 Å². The Hall–Kier alpha value is -0.890. The van der Waals surface area contributed by atoms with E-state index in [0.717, 1.165) is 6.42 Å². The van der Waals surface area contributed by atoms with Crippen LogP contribution in [0.15, 0.2) is 24.5 Å². The first-order valence-corrected chi connectivity index (χ1v) is 5.84. The minimum atomic E-state index is -0.176. The van der Waals surface area contributed by atoms with Crippen molar-refractivity contribution in [2.24, 2.45) is 11.8 Å². The molecule has 1 N–H and O–H groups in total. The van der Waals surface area contributed by atoms with Gasteiger partial charge in [0, 0.05) is 12.4 Å². The van der Waals surface area contributed by atoms with Crippen LogP contribution in [0.2, 0.25) is 0 Å². The summed E-state index contributed by atoms with van der Waals surface area (Å²) in [5, 5.41) is 10.2. The van der Waals surface area contributed by atoms with E-state index in [1.54, 1.807) is 12.4 Å². The lowest BCUT2D eigenvalue weighted by molar-refractivity contribution is 0.0901. The van der Waals surface area contributed by atoms with Crippen LogP contribution in [0.1, 0.15) is 31.7 Å². The summed E-state index contributed by atoms with van der Waals surface area (Å²) >= 11 is 0. The summed E-state index contributed by atoms with van der Waals surface area (Å²) in [6.07, 6.45) is 7.92. The van der Waals surface area contributed by atoms with Gasteiger partial charge < -0.3 is 5.11 Å². The van der Waals surface area contributed by atoms with Crippen molar-refractivity contribution in [1.29, 1.82) is 0 Å². The lowest BCUT2D eigenvalue weighted by Crippen LogP contribution is -2.24. The minimum absolute atomic E-state index is 0.176. The van der Waals surface area contributed by atoms with Gasteiger partial charge >= 0.3 is 0 Å². The molecule has 2 rings (SSSR count). The first-order valence-electron chi connectivity index (χ1n) is 5.84. The van der Waals surface area contributed by atoms with E-state index in [9.17, 15) is 5.11 Å². The molecular weight excluding hydrogens is 186 g/mol. The molecule has 1 heterocycles. The standard InChI is InChI=1S/C13H19NO/c1-10-3-2-4-12(10)13(15)9-11-5-7-14-8-6-11/h5-8,10,12-13,15H,2-4,9H2,1H3. The molecule has 1 saturated carbocycles. The number of pyridine rings is 1. The summed E-state index contributed by atoms with van der Waals surface area (Å²) < 4.78 is 0. The molecule has 0 saturated heterocycles. The van der Waals surface area contributed by atoms with Crippen molar-refractivity contribution < 1.29 is 5.11 Å². The Labute approximate surface area is 91.4 Å². The van der Waals surface area contributed by atoms with Crippen LogP contribution in [0.5, 0.6) is 0 Å². The average molecular weight is 205 g/mol. The van der Waals surface area contributed by atoms with E-state index in [-0.39, 0.29) is 6.10 Å². The predicted molar refractivity (Wildman–Crippen MR) is 60.5 cm³/mol. The van der Waals surface area contributed by atoms with Crippen LogP contribution in [-0.4, -0.2) is 16.2 Å². The third kappa shape index (κ3) is 2.57. The molecule has 15 heavy (non-hydrogen) atoms. The van der Waals surface area contributed by atoms with E-state index < -0.39 is 0 Å². The van der Waals surface area contributed by atoms with Crippen LogP contribution >= 0.6 is 0 Å². The maximum absolute atomic E-state index is 10.2. The van der Waals surface area contributed by atoms with Gasteiger partial charge in [-0.2, -0.15) is 0 Å². The average Bonchev–Trinajstić information content (AvgIpc) is 2.66. The number of hydrogen-bond acceptors (Lipinski definition) is 2. The van der Waals surface area contributed by atoms with Gasteiger partial charge in [-0.3, -0.25) is 4.98 Å². The highest BCUT2D eigenvalue weighted by molar-refractivity contribution is 5.11. The van der Waals surface area contributed by atoms with Gasteiger partial charge in [0.2, 0.25) is 0 Å². The second-order valence-corrected chi connectivity index (χ2v) is 4.70. The van der Waals surface area contributed by atoms with E-state index in [2.05, 4.69) is 11.9 Å². The molecule has 0 aliphatic heterocycles. The fourth-order valence-electron chi connectivity index (χ4n) is 2.66. The van der Waals surface area contributed by atoms with Crippen molar-refractivity contribution in [3.63, 3.8) is 0 Å². The molecule has 1 aliphatic carbocycles. The number of aliphatic hydroxyl groups excluding tert-OH is 1. The predicted octanol–water partition coefficient (Wildman–Crippen LogP) is 2.42. The van der Waals surface area contributed by atoms with Gasteiger partial charge in [-0.15, -0.1) is 0 Å². The van der Waals surface area contributed by atoms with Crippen molar-refractivity contribution in [1.82, 2.24) is 4.98 Å². The monoisotopic (exact) mass is 205 g/mol. The van der Waals surface area contributed by atoms with Crippen molar-refractivity contribution in [3.05, 3.63) is 30.1 Å². The minimum Gasteiger partial charge on any atom is -0.392 e. The van der Waals surface area contributed by atoms with E-state index >= 15 is 0 Å². The van der Waals surface area contributed by atoms with Gasteiger partial charge in [0.15, 0.2) is 0 Å². The molecule has 82 valence electrons. The van der Waals surface area contributed by atoms with Gasteiger partial charge in [0.1, 0.15) is 0 Å². The second-order valence-electron chi connectivity index (χ2n) is 4.70. The first kappa shape index (κ1) is 10.6. The highest BCUT2D eigenvalue weighted by Crippen LogP contribution is 2.34. The fraction of sp³-hybridized carbons (Fsp3) is 0.615. The Kier molecular flexibility index (Phi) is 3.37. The third-order valence-electron chi connectivity index (χ3n) is 3.62. The molecule has 1 aliphatic rings. The number of aromatic nitrogens is 1. The zero-order valence-electron chi connectivity index (χ0n) is 9.26. The second kappa shape index (κ2) is 4.75. The summed E-state index contributed by atoms with van der Waals surface area (Å²) in [6, 6.07) is 3.98. The Balaban J connectivity index is 1.94. The number of nitrogens with zero attached hydrogens (tertiary/aromatic N) is 1. The fourth-order valence-corrected chi connectivity index (χ4v) is 2.66. The summed E-state index contributed by atoms with van der Waals surface area (Å²) in [5.74, 6) is 1.18. The number of rotatable bonds is 3. The SMILES string of the molecule is CC1CCCC1C(O)Cc1ccncc1. The lowest BCUT2D eigenvalue weighted by Gasteiger charge is -2.22. The summed E-state index contributed by atoms with van der Waals surface area (Å²) in [7, 11) is 0. The molecule has 1 aromatic rings. The normalized spacial score (nSPS) is 27.9. The molecule has 0 aromatic carbocycles. The summed E-state index contributed by atoms with van der Waals surface area (Å²) in [4.78, 5) is 3.98. The molecular formula is C13H19NO. The van der Waals surface area contributed by atoms with Gasteiger partial charge in [-0.1, -0.05) is 19.8 Å². The Morgan fingerprint density at radius 3 is 2.73 bits per heavy atom. The van der Waals surface area contributed by atoms with Crippen molar-refractivity contribution in [3.8, 4) is 0 Å². The zero-order chi connectivity index (χ0) is 10.7. The van der Waals surface area contributed by atoms with Crippen LogP contribution in [0.25, 0.3) is 0 Å². The molecule has 3 atom stereocenters. The molecule has 0 amide bonds. The lowest BCUT2D eigenvalue weighted by atomic mass is 9.89. The van der Waals surface area contributed by atoms with E-state index in [0.29, 0.717) is 11.8 Å². The topological polar surface area (TPSA) is 33.1 Å². The van der Waals surface area contributed by atoms with E-state index in [1.807, 2.05) is 12.1 Å². The largest absolute Gasteiger partial charge is 0.392 e. The van der Waals surface area contributed by atoms with Crippen molar-refractivity contribution in [2.75, 3.05) is 0 Å². The summed E-state index contributed by atoms with van der Waals surface area (Å²) in [5.41, 5.74) is 1.19. The molecule has 0 bridgehead atoms. The first-order chi connectivity index (χ1) is 7.27. The van der Waals surface area contributed by atoms with Crippen molar-refractivity contribution >= 4 is 0 Å². The highest BCUT2D eigenvalue weighted by atomic mass is 16.3. The molecule has 1 aromatic heterocycles. The summed E-state index contributed by atoms with van der Waals surface area (Å²) in [6.45, 7) is 2.26. The Morgan fingerprint density at radius 1 is 1.40 bits per heavy atom. The van der Waals surface area contributed by atoms with Crippen LogP contribution < -0.4 is 0 Å². The van der Waals surface area contributed by atoms with E-state index in [4.69, 9.17) is 0 Å². The van der Waals surface area contributed by atoms with Gasteiger partial charge in [-0.25, -0.2) is 0 Å². The maximum Gasteiger partial charge on any atom is 0.0611 e. The van der Waals surface area contributed by atoms with Gasteiger partial charge in [0.25, 0.3) is 0 Å². The number of hydrogen-bond donors (Lipinski definition) is 1. The Bertz CT molecular complexity index is 299. The van der Waals surface area contributed by atoms with Crippen LogP contribution in [0.4, 0.5) is 0 Å². The molecule has 2 heteroatoms. The molecule has 1 fully saturated rings. The molecule has 2 nitrogen and oxygen atoms in total. The smallest absolute Gasteiger partial charge is 0.0611 e. The molecule has 0 radical (unpaired) electrons. The zero-order valence-corrected chi connectivity index (χ0v) is 9.26. The molecule has 0 spiro atoms. The van der Waals surface area contributed by atoms with Crippen LogP contribution in [0.3, 0.4) is 0 Å². The van der Waals surface area contributed by atoms with Gasteiger partial charge in [0.05, 0.1) is 6.10 Å². The van der Waals surface area contributed by atoms with Crippen molar-refractivity contribution in [2.45, 2.75) is 38.7 Å². The highest BCUT2D eigenvalue weighted by Gasteiger charge is 2.29. The van der Waals surface area contributed by atoms with Crippen LogP contribution in [0, 0.1) is 11.8 Å². The van der Waals surface area contributed by atoms with Crippen LogP contribution in [-0.2, 0) is 6.42 Å². The Morgan fingerprint density at radius 2 is 2.13 bits per heavy atom. The number of aliphatic hydroxyl groups is 1. The quantitative estimate of drug-likeness (QED) is 0.822. The maximum atomic E-state index is 10.2.